The molecule has 1 heterocycles. The molecule has 0 fully saturated rings. The molecule has 7 nitrogen and oxygen atoms in total. The van der Waals surface area contributed by atoms with Crippen LogP contribution in [0.1, 0.15) is 12.5 Å². The number of benzene rings is 2. The predicted molar refractivity (Wildman–Crippen MR) is 112 cm³/mol. The van der Waals surface area contributed by atoms with E-state index in [9.17, 15) is 4.79 Å². The number of anilines is 1. The second kappa shape index (κ2) is 8.53. The zero-order chi connectivity index (χ0) is 20.3. The van der Waals surface area contributed by atoms with Crippen molar-refractivity contribution in [2.24, 2.45) is 0 Å². The summed E-state index contributed by atoms with van der Waals surface area (Å²) in [7, 11) is 1.60. The zero-order valence-electron chi connectivity index (χ0n) is 15.6. The van der Waals surface area contributed by atoms with Gasteiger partial charge in [-0.3, -0.25) is 4.79 Å². The summed E-state index contributed by atoms with van der Waals surface area (Å²) in [6.07, 6.45) is 0. The normalized spacial score (nSPS) is 11.9. The molecule has 0 radical (unpaired) electrons. The van der Waals surface area contributed by atoms with E-state index in [4.69, 9.17) is 22.2 Å². The Labute approximate surface area is 172 Å². The molecule has 0 saturated carbocycles. The summed E-state index contributed by atoms with van der Waals surface area (Å²) >= 11 is 7.23. The third-order valence-corrected chi connectivity index (χ3v) is 5.41. The summed E-state index contributed by atoms with van der Waals surface area (Å²) in [5.74, 6) is 7.21. The van der Waals surface area contributed by atoms with E-state index in [1.165, 1.54) is 16.4 Å². The fourth-order valence-electron chi connectivity index (χ4n) is 2.47. The molecule has 3 rings (SSSR count). The maximum atomic E-state index is 12.6. The first-order valence-electron chi connectivity index (χ1n) is 8.47. The standard InChI is InChI=1S/C19H20ClN5O2S/c1-11-4-7-14(20)10-16(11)22-18(26)12(2)28-19-24-23-17(25(19)21)13-5-8-15(27-3)9-6-13/h4-10,12H,21H2,1-3H3,(H,22,26). The second-order valence-electron chi connectivity index (χ2n) is 6.11. The first-order valence-corrected chi connectivity index (χ1v) is 9.73. The maximum Gasteiger partial charge on any atom is 0.237 e. The lowest BCUT2D eigenvalue weighted by Gasteiger charge is -2.13. The second-order valence-corrected chi connectivity index (χ2v) is 7.86. The molecule has 1 atom stereocenters. The number of methoxy groups -OCH3 is 1. The number of nitrogens with two attached hydrogens (primary N) is 1. The average Bonchev–Trinajstić information content (AvgIpc) is 3.05. The molecule has 0 spiro atoms. The Hall–Kier alpha value is -2.71. The van der Waals surface area contributed by atoms with Gasteiger partial charge in [0.05, 0.1) is 12.4 Å². The Kier molecular flexibility index (Phi) is 6.11. The van der Waals surface area contributed by atoms with E-state index in [1.54, 1.807) is 26.2 Å². The molecule has 1 aromatic heterocycles. The molecule has 1 amide bonds. The third kappa shape index (κ3) is 4.40. The van der Waals surface area contributed by atoms with E-state index in [-0.39, 0.29) is 5.91 Å². The van der Waals surface area contributed by atoms with E-state index in [0.29, 0.717) is 21.7 Å². The summed E-state index contributed by atoms with van der Waals surface area (Å²) in [6, 6.07) is 12.7. The van der Waals surface area contributed by atoms with Gasteiger partial charge in [-0.2, -0.15) is 0 Å². The Morgan fingerprint density at radius 1 is 1.25 bits per heavy atom. The van der Waals surface area contributed by atoms with Gasteiger partial charge in [0.1, 0.15) is 5.75 Å². The van der Waals surface area contributed by atoms with Gasteiger partial charge in [0, 0.05) is 16.3 Å². The molecule has 0 aliphatic heterocycles. The molecule has 0 saturated heterocycles. The van der Waals surface area contributed by atoms with Gasteiger partial charge in [0.25, 0.3) is 0 Å². The molecule has 3 aromatic rings. The molecule has 28 heavy (non-hydrogen) atoms. The van der Waals surface area contributed by atoms with Crippen molar-refractivity contribution in [3.8, 4) is 17.1 Å². The number of aryl methyl sites for hydroxylation is 1. The molecule has 9 heteroatoms. The minimum Gasteiger partial charge on any atom is -0.497 e. The van der Waals surface area contributed by atoms with Crippen LogP contribution >= 0.6 is 23.4 Å². The fraction of sp³-hybridized carbons (Fsp3) is 0.211. The van der Waals surface area contributed by atoms with Crippen LogP contribution in [-0.2, 0) is 4.79 Å². The van der Waals surface area contributed by atoms with Crippen molar-refractivity contribution in [2.45, 2.75) is 24.3 Å². The number of nitrogens with one attached hydrogen (secondary N) is 1. The predicted octanol–water partition coefficient (Wildman–Crippen LogP) is 3.75. The van der Waals surface area contributed by atoms with Crippen LogP contribution in [0.15, 0.2) is 47.6 Å². The minimum absolute atomic E-state index is 0.177. The number of nitrogens with zero attached hydrogens (tertiary/aromatic N) is 3. The average molecular weight is 418 g/mol. The lowest BCUT2D eigenvalue weighted by Crippen LogP contribution is -2.24. The van der Waals surface area contributed by atoms with Gasteiger partial charge in [0.15, 0.2) is 5.82 Å². The SMILES string of the molecule is COc1ccc(-c2nnc(SC(C)C(=O)Nc3cc(Cl)ccc3C)n2N)cc1. The monoisotopic (exact) mass is 417 g/mol. The van der Waals surface area contributed by atoms with Crippen LogP contribution in [0.5, 0.6) is 5.75 Å². The quantitative estimate of drug-likeness (QED) is 0.468. The molecule has 0 aliphatic rings. The van der Waals surface area contributed by atoms with Crippen LogP contribution in [-0.4, -0.2) is 33.1 Å². The van der Waals surface area contributed by atoms with Crippen LogP contribution in [0.4, 0.5) is 5.69 Å². The Morgan fingerprint density at radius 2 is 1.96 bits per heavy atom. The van der Waals surface area contributed by atoms with Crippen LogP contribution in [0, 0.1) is 6.92 Å². The van der Waals surface area contributed by atoms with Gasteiger partial charge in [0.2, 0.25) is 11.1 Å². The van der Waals surface area contributed by atoms with E-state index in [2.05, 4.69) is 15.5 Å². The van der Waals surface area contributed by atoms with Crippen molar-refractivity contribution in [1.82, 2.24) is 14.9 Å². The summed E-state index contributed by atoms with van der Waals surface area (Å²) < 4.78 is 6.53. The Bertz CT molecular complexity index is 990. The number of amides is 1. The lowest BCUT2D eigenvalue weighted by molar-refractivity contribution is -0.115. The van der Waals surface area contributed by atoms with Crippen LogP contribution < -0.4 is 15.9 Å². The van der Waals surface area contributed by atoms with Crippen LogP contribution in [0.3, 0.4) is 0 Å². The van der Waals surface area contributed by atoms with Crippen molar-refractivity contribution >= 4 is 35.0 Å². The largest absolute Gasteiger partial charge is 0.497 e. The van der Waals surface area contributed by atoms with Crippen LogP contribution in [0.2, 0.25) is 5.02 Å². The number of carbonyl (C=O) groups excluding carboxylic acids is 1. The molecule has 1 unspecified atom stereocenters. The fourth-order valence-corrected chi connectivity index (χ4v) is 3.41. The van der Waals surface area contributed by atoms with Crippen molar-refractivity contribution in [3.05, 3.63) is 53.1 Å². The highest BCUT2D eigenvalue weighted by atomic mass is 35.5. The van der Waals surface area contributed by atoms with Gasteiger partial charge >= 0.3 is 0 Å². The summed E-state index contributed by atoms with van der Waals surface area (Å²) in [5.41, 5.74) is 2.41. The molecular weight excluding hydrogens is 398 g/mol. The first-order chi connectivity index (χ1) is 13.4. The number of nitrogen functional groups attached to an aromatic ring is 1. The molecule has 146 valence electrons. The smallest absolute Gasteiger partial charge is 0.237 e. The maximum absolute atomic E-state index is 12.6. The van der Waals surface area contributed by atoms with Gasteiger partial charge < -0.3 is 15.9 Å². The van der Waals surface area contributed by atoms with Crippen molar-refractivity contribution in [3.63, 3.8) is 0 Å². The number of ether oxygens (including phenoxy) is 1. The Morgan fingerprint density at radius 3 is 2.64 bits per heavy atom. The third-order valence-electron chi connectivity index (χ3n) is 4.12. The van der Waals surface area contributed by atoms with Gasteiger partial charge in [-0.25, -0.2) is 4.68 Å². The number of hydrogen-bond donors (Lipinski definition) is 2. The minimum atomic E-state index is -0.436. The van der Waals surface area contributed by atoms with Crippen molar-refractivity contribution in [1.29, 1.82) is 0 Å². The van der Waals surface area contributed by atoms with Crippen molar-refractivity contribution < 1.29 is 9.53 Å². The number of halogens is 1. The molecular formula is C19H20ClN5O2S. The molecule has 2 aromatic carbocycles. The summed E-state index contributed by atoms with van der Waals surface area (Å²) in [4.78, 5) is 12.6. The lowest BCUT2D eigenvalue weighted by atomic mass is 10.2. The van der Waals surface area contributed by atoms with E-state index in [1.807, 2.05) is 37.3 Å². The topological polar surface area (TPSA) is 95.1 Å². The van der Waals surface area contributed by atoms with Crippen LogP contribution in [0.25, 0.3) is 11.4 Å². The van der Waals surface area contributed by atoms with Gasteiger partial charge in [-0.05, 0) is 55.8 Å². The number of rotatable bonds is 6. The highest BCUT2D eigenvalue weighted by Crippen LogP contribution is 2.27. The highest BCUT2D eigenvalue weighted by Gasteiger charge is 2.20. The van der Waals surface area contributed by atoms with E-state index >= 15 is 0 Å². The molecule has 0 aliphatic carbocycles. The highest BCUT2D eigenvalue weighted by molar-refractivity contribution is 8.00. The summed E-state index contributed by atoms with van der Waals surface area (Å²) in [5, 5.41) is 11.7. The number of aromatic nitrogens is 3. The van der Waals surface area contributed by atoms with Gasteiger partial charge in [-0.1, -0.05) is 29.4 Å². The molecule has 0 bridgehead atoms. The first kappa shape index (κ1) is 20.0. The zero-order valence-corrected chi connectivity index (χ0v) is 17.2. The number of thioether (sulfide) groups is 1. The Balaban J connectivity index is 1.71. The van der Waals surface area contributed by atoms with Crippen molar-refractivity contribution in [2.75, 3.05) is 18.3 Å². The van der Waals surface area contributed by atoms with E-state index < -0.39 is 5.25 Å². The van der Waals surface area contributed by atoms with Gasteiger partial charge in [-0.15, -0.1) is 10.2 Å². The summed E-state index contributed by atoms with van der Waals surface area (Å²) in [6.45, 7) is 3.68. The number of carbonyl (C=O) groups is 1. The number of hydrogen-bond acceptors (Lipinski definition) is 6. The molecule has 3 N–H and O–H groups in total. The van der Waals surface area contributed by atoms with E-state index in [0.717, 1.165) is 16.9 Å².